The van der Waals surface area contributed by atoms with Gasteiger partial charge in [-0.05, 0) is 37.6 Å². The van der Waals surface area contributed by atoms with E-state index in [1.54, 1.807) is 6.07 Å². The highest BCUT2D eigenvalue weighted by Crippen LogP contribution is 2.26. The van der Waals surface area contributed by atoms with E-state index < -0.39 is 0 Å². The molecule has 84 valence electrons. The van der Waals surface area contributed by atoms with E-state index in [9.17, 15) is 9.18 Å². The Morgan fingerprint density at radius 3 is 2.81 bits per heavy atom. The number of aryl methyl sites for hydroxylation is 1. The molecule has 0 fully saturated rings. The van der Waals surface area contributed by atoms with Gasteiger partial charge in [-0.15, -0.1) is 0 Å². The van der Waals surface area contributed by atoms with Gasteiger partial charge < -0.3 is 4.57 Å². The summed E-state index contributed by atoms with van der Waals surface area (Å²) >= 11 is 0. The molecule has 2 rings (SSSR count). The second-order valence-electron chi connectivity index (χ2n) is 3.96. The quantitative estimate of drug-likeness (QED) is 0.736. The van der Waals surface area contributed by atoms with Crippen LogP contribution in [0.2, 0.25) is 0 Å². The molecule has 0 aliphatic carbocycles. The second kappa shape index (κ2) is 3.99. The summed E-state index contributed by atoms with van der Waals surface area (Å²) in [6.45, 7) is 3.75. The molecule has 0 bridgehead atoms. The van der Waals surface area contributed by atoms with E-state index in [4.69, 9.17) is 0 Å². The number of nitrogens with zero attached hydrogens (tertiary/aromatic N) is 1. The van der Waals surface area contributed by atoms with Crippen LogP contribution in [0, 0.1) is 12.7 Å². The van der Waals surface area contributed by atoms with Crippen LogP contribution in [0.15, 0.2) is 24.4 Å². The van der Waals surface area contributed by atoms with E-state index in [0.29, 0.717) is 0 Å². The number of fused-ring (bicyclic) bond motifs is 1. The fraction of sp³-hybridized carbons (Fsp3) is 0.250. The van der Waals surface area contributed by atoms with Crippen molar-refractivity contribution >= 4 is 25.7 Å². The minimum Gasteiger partial charge on any atom is -0.337 e. The van der Waals surface area contributed by atoms with Crippen LogP contribution in [0.4, 0.5) is 4.39 Å². The first-order valence-corrected chi connectivity index (χ1v) is 5.64. The Morgan fingerprint density at radius 2 is 2.19 bits per heavy atom. The molecule has 0 spiro atoms. The van der Waals surface area contributed by atoms with E-state index in [1.807, 2.05) is 24.6 Å². The maximum atomic E-state index is 13.1. The average molecular weight is 237 g/mol. The molecular formula is C12H13FNOP. The maximum absolute atomic E-state index is 13.1. The third-order valence-corrected chi connectivity index (χ3v) is 3.31. The van der Waals surface area contributed by atoms with E-state index >= 15 is 0 Å². The van der Waals surface area contributed by atoms with Gasteiger partial charge in [0, 0.05) is 17.1 Å². The highest BCUT2D eigenvalue weighted by molar-refractivity contribution is 7.40. The zero-order chi connectivity index (χ0) is 11.9. The zero-order valence-corrected chi connectivity index (χ0v) is 10.4. The summed E-state index contributed by atoms with van der Waals surface area (Å²) in [5.74, 6) is -0.252. The minimum atomic E-state index is -0.252. The summed E-state index contributed by atoms with van der Waals surface area (Å²) in [6, 6.07) is 4.38. The Hall–Kier alpha value is -1.21. The fourth-order valence-electron chi connectivity index (χ4n) is 1.85. The number of carbonyl (C=O) groups is 1. The number of benzene rings is 1. The summed E-state index contributed by atoms with van der Waals surface area (Å²) in [6.07, 6.45) is 1.89. The topological polar surface area (TPSA) is 22.0 Å². The number of hydrogen-bond acceptors (Lipinski definition) is 1. The molecule has 0 aliphatic rings. The van der Waals surface area contributed by atoms with Gasteiger partial charge >= 0.3 is 0 Å². The third-order valence-electron chi connectivity index (χ3n) is 2.82. The predicted molar refractivity (Wildman–Crippen MR) is 66.1 cm³/mol. The largest absolute Gasteiger partial charge is 0.337 e. The van der Waals surface area contributed by atoms with Gasteiger partial charge in [0.25, 0.3) is 0 Å². The lowest BCUT2D eigenvalue weighted by Crippen LogP contribution is -2.09. The number of halogens is 1. The Bertz CT molecular complexity index is 561. The molecule has 2 atom stereocenters. The molecule has 2 aromatic rings. The summed E-state index contributed by atoms with van der Waals surface area (Å²) < 4.78 is 15.0. The van der Waals surface area contributed by atoms with Gasteiger partial charge in [-0.1, -0.05) is 9.24 Å². The first kappa shape index (κ1) is 11.3. The van der Waals surface area contributed by atoms with Crippen molar-refractivity contribution in [3.63, 3.8) is 0 Å². The van der Waals surface area contributed by atoms with Gasteiger partial charge in [-0.2, -0.15) is 0 Å². The number of hydrogen-bond donors (Lipinski definition) is 0. The van der Waals surface area contributed by atoms with E-state index in [-0.39, 0.29) is 17.4 Å². The highest BCUT2D eigenvalue weighted by Gasteiger charge is 2.14. The summed E-state index contributed by atoms with van der Waals surface area (Å²) in [4.78, 5) is 11.3. The summed E-state index contributed by atoms with van der Waals surface area (Å²) in [7, 11) is 2.18. The molecule has 16 heavy (non-hydrogen) atoms. The molecule has 2 nitrogen and oxygen atoms in total. The molecule has 0 aliphatic heterocycles. The van der Waals surface area contributed by atoms with Crippen LogP contribution in [0.5, 0.6) is 0 Å². The summed E-state index contributed by atoms with van der Waals surface area (Å²) in [5, 5.41) is 0.859. The molecule has 1 aromatic heterocycles. The normalized spacial score (nSPS) is 13.0. The van der Waals surface area contributed by atoms with E-state index in [1.165, 1.54) is 12.1 Å². The van der Waals surface area contributed by atoms with Crippen molar-refractivity contribution in [1.29, 1.82) is 0 Å². The van der Waals surface area contributed by atoms with Crippen LogP contribution in [0.25, 0.3) is 10.9 Å². The lowest BCUT2D eigenvalue weighted by molar-refractivity contribution is -0.113. The number of aromatic nitrogens is 1. The molecule has 1 aromatic carbocycles. The Balaban J connectivity index is 2.68. The Morgan fingerprint density at radius 1 is 1.50 bits per heavy atom. The van der Waals surface area contributed by atoms with Gasteiger partial charge in [-0.25, -0.2) is 4.39 Å². The fourth-order valence-corrected chi connectivity index (χ4v) is 2.02. The van der Waals surface area contributed by atoms with Crippen LogP contribution in [0.3, 0.4) is 0 Å². The van der Waals surface area contributed by atoms with Crippen molar-refractivity contribution in [2.45, 2.75) is 19.9 Å². The molecular weight excluding hydrogens is 224 g/mol. The van der Waals surface area contributed by atoms with Crippen molar-refractivity contribution in [3.05, 3.63) is 35.8 Å². The molecule has 4 heteroatoms. The highest BCUT2D eigenvalue weighted by atomic mass is 31.0. The number of rotatable bonds is 2. The third kappa shape index (κ3) is 1.76. The van der Waals surface area contributed by atoms with Crippen molar-refractivity contribution < 1.29 is 9.18 Å². The maximum Gasteiger partial charge on any atom is 0.170 e. The summed E-state index contributed by atoms with van der Waals surface area (Å²) in [5.41, 5.74) is 1.89. The Labute approximate surface area is 95.6 Å². The SMILES string of the molecule is Cc1cn(C(C)C(=O)P)c2ccc(F)cc12. The van der Waals surface area contributed by atoms with Crippen LogP contribution in [0.1, 0.15) is 18.5 Å². The average Bonchev–Trinajstić information content (AvgIpc) is 2.55. The molecule has 2 unspecified atom stereocenters. The van der Waals surface area contributed by atoms with Crippen molar-refractivity contribution in [3.8, 4) is 0 Å². The molecule has 0 amide bonds. The second-order valence-corrected chi connectivity index (χ2v) is 4.53. The monoisotopic (exact) mass is 237 g/mol. The van der Waals surface area contributed by atoms with Crippen LogP contribution in [-0.2, 0) is 4.79 Å². The minimum absolute atomic E-state index is 0.0150. The van der Waals surface area contributed by atoms with Crippen molar-refractivity contribution in [1.82, 2.24) is 4.57 Å². The lowest BCUT2D eigenvalue weighted by atomic mass is 10.2. The van der Waals surface area contributed by atoms with Crippen LogP contribution in [-0.4, -0.2) is 10.1 Å². The van der Waals surface area contributed by atoms with Crippen molar-refractivity contribution in [2.24, 2.45) is 0 Å². The van der Waals surface area contributed by atoms with Crippen LogP contribution < -0.4 is 0 Å². The zero-order valence-electron chi connectivity index (χ0n) is 9.20. The van der Waals surface area contributed by atoms with E-state index in [0.717, 1.165) is 16.5 Å². The smallest absolute Gasteiger partial charge is 0.170 e. The molecule has 0 saturated heterocycles. The van der Waals surface area contributed by atoms with E-state index in [2.05, 4.69) is 9.24 Å². The molecule has 1 heterocycles. The van der Waals surface area contributed by atoms with Gasteiger partial charge in [0.2, 0.25) is 0 Å². The molecule has 0 N–H and O–H groups in total. The predicted octanol–water partition coefficient (Wildman–Crippen LogP) is 3.05. The number of carbonyl (C=O) groups excluding carboxylic acids is 1. The molecule has 0 radical (unpaired) electrons. The standard InChI is InChI=1S/C12H13FNOP/c1-7-6-14(8(2)12(15)16)11-4-3-9(13)5-10(7)11/h3-6,8H,16H2,1-2H3. The molecule has 0 saturated carbocycles. The lowest BCUT2D eigenvalue weighted by Gasteiger charge is -2.11. The first-order chi connectivity index (χ1) is 7.50. The Kier molecular flexibility index (Phi) is 2.81. The van der Waals surface area contributed by atoms with Gasteiger partial charge in [-0.3, -0.25) is 4.79 Å². The van der Waals surface area contributed by atoms with Gasteiger partial charge in [0.05, 0.1) is 6.04 Å². The van der Waals surface area contributed by atoms with Crippen LogP contribution >= 0.6 is 9.24 Å². The van der Waals surface area contributed by atoms with Gasteiger partial charge in [0.15, 0.2) is 5.52 Å². The first-order valence-electron chi connectivity index (χ1n) is 5.06. The van der Waals surface area contributed by atoms with Gasteiger partial charge in [0.1, 0.15) is 5.82 Å². The van der Waals surface area contributed by atoms with Crippen molar-refractivity contribution in [2.75, 3.05) is 0 Å².